The van der Waals surface area contributed by atoms with Crippen molar-refractivity contribution in [3.8, 4) is 5.75 Å². The number of nitrogens with zero attached hydrogens (tertiary/aromatic N) is 3. The Labute approximate surface area is 170 Å². The van der Waals surface area contributed by atoms with Crippen molar-refractivity contribution < 1.29 is 21.6 Å². The summed E-state index contributed by atoms with van der Waals surface area (Å²) in [4.78, 5) is 0.395. The van der Waals surface area contributed by atoms with E-state index in [4.69, 9.17) is 4.74 Å². The van der Waals surface area contributed by atoms with Crippen LogP contribution in [0.5, 0.6) is 5.75 Å². The third kappa shape index (κ3) is 3.56. The van der Waals surface area contributed by atoms with Gasteiger partial charge in [-0.1, -0.05) is 0 Å². The number of aryl methyl sites for hydroxylation is 2. The number of hydrogen-bond acceptors (Lipinski definition) is 6. The van der Waals surface area contributed by atoms with Gasteiger partial charge in [-0.25, -0.2) is 16.8 Å². The van der Waals surface area contributed by atoms with Crippen molar-refractivity contribution in [3.05, 3.63) is 35.2 Å². The summed E-state index contributed by atoms with van der Waals surface area (Å²) in [6.07, 6.45) is 1.11. The molecule has 4 rings (SSSR count). The Balaban J connectivity index is 1.56. The lowest BCUT2D eigenvalue weighted by Gasteiger charge is -2.22. The lowest BCUT2D eigenvalue weighted by molar-refractivity contribution is 0.356. The molecular formula is C18H24N4O5S2. The van der Waals surface area contributed by atoms with Gasteiger partial charge in [0.05, 0.1) is 22.9 Å². The highest BCUT2D eigenvalue weighted by Gasteiger charge is 2.34. The number of aromatic amines is 1. The zero-order valence-electron chi connectivity index (χ0n) is 16.4. The summed E-state index contributed by atoms with van der Waals surface area (Å²) < 4.78 is 60.6. The van der Waals surface area contributed by atoms with Gasteiger partial charge in [0.2, 0.25) is 20.0 Å². The second kappa shape index (κ2) is 7.38. The molecule has 1 N–H and O–H groups in total. The van der Waals surface area contributed by atoms with Crippen LogP contribution in [0.1, 0.15) is 23.4 Å². The molecule has 9 nitrogen and oxygen atoms in total. The van der Waals surface area contributed by atoms with Crippen LogP contribution < -0.4 is 4.74 Å². The normalized spacial score (nSPS) is 19.0. The fourth-order valence-corrected chi connectivity index (χ4v) is 7.20. The first-order valence-electron chi connectivity index (χ1n) is 9.49. The molecular weight excluding hydrogens is 416 g/mol. The zero-order valence-corrected chi connectivity index (χ0v) is 18.0. The summed E-state index contributed by atoms with van der Waals surface area (Å²) in [6, 6.07) is 4.90. The largest absolute Gasteiger partial charge is 0.493 e. The predicted molar refractivity (Wildman–Crippen MR) is 106 cm³/mol. The van der Waals surface area contributed by atoms with Crippen molar-refractivity contribution in [1.82, 2.24) is 18.8 Å². The van der Waals surface area contributed by atoms with Gasteiger partial charge in [0.15, 0.2) is 0 Å². The molecule has 11 heteroatoms. The third-order valence-corrected chi connectivity index (χ3v) is 9.43. The average molecular weight is 441 g/mol. The standard InChI is InChI=1S/C18H24N4O5S2/c1-13-18(14(2)20-19-13)29(25,26)22-8-3-7-21(9-10-22)28(23,24)16-4-5-17-15(12-16)6-11-27-17/h4-5,12H,3,6-11H2,1-2H3,(H,19,20). The van der Waals surface area contributed by atoms with Gasteiger partial charge < -0.3 is 4.74 Å². The topological polar surface area (TPSA) is 113 Å². The number of aromatic nitrogens is 2. The van der Waals surface area contributed by atoms with E-state index in [-0.39, 0.29) is 36.0 Å². The lowest BCUT2D eigenvalue weighted by atomic mass is 10.2. The molecule has 2 aromatic rings. The molecule has 0 saturated carbocycles. The number of ether oxygens (including phenoxy) is 1. The number of H-pyrrole nitrogens is 1. The maximum absolute atomic E-state index is 13.1. The van der Waals surface area contributed by atoms with Crippen LogP contribution in [0.25, 0.3) is 0 Å². The molecule has 2 aliphatic heterocycles. The molecule has 0 amide bonds. The minimum absolute atomic E-state index is 0.0969. The molecule has 158 valence electrons. The first-order chi connectivity index (χ1) is 13.7. The van der Waals surface area contributed by atoms with Crippen molar-refractivity contribution in [1.29, 1.82) is 0 Å². The highest BCUT2D eigenvalue weighted by Crippen LogP contribution is 2.30. The van der Waals surface area contributed by atoms with Crippen molar-refractivity contribution in [3.63, 3.8) is 0 Å². The van der Waals surface area contributed by atoms with E-state index in [1.165, 1.54) is 8.61 Å². The number of rotatable bonds is 4. The van der Waals surface area contributed by atoms with E-state index in [1.54, 1.807) is 32.0 Å². The first kappa shape index (κ1) is 20.3. The summed E-state index contributed by atoms with van der Waals surface area (Å²) in [5.74, 6) is 0.725. The summed E-state index contributed by atoms with van der Waals surface area (Å²) in [5.41, 5.74) is 1.78. The highest BCUT2D eigenvalue weighted by atomic mass is 32.2. The van der Waals surface area contributed by atoms with Crippen molar-refractivity contribution in [2.45, 2.75) is 36.5 Å². The van der Waals surface area contributed by atoms with E-state index in [9.17, 15) is 16.8 Å². The third-order valence-electron chi connectivity index (χ3n) is 5.37. The Bertz CT molecular complexity index is 1120. The summed E-state index contributed by atoms with van der Waals surface area (Å²) in [5, 5.41) is 6.68. The van der Waals surface area contributed by atoms with Gasteiger partial charge in [0, 0.05) is 32.6 Å². The molecule has 0 bridgehead atoms. The van der Waals surface area contributed by atoms with E-state index < -0.39 is 20.0 Å². The molecule has 0 spiro atoms. The fourth-order valence-electron chi connectivity index (χ4n) is 3.87. The SMILES string of the molecule is Cc1n[nH]c(C)c1S(=O)(=O)N1CCCN(S(=O)(=O)c2ccc3c(c2)CCO3)CC1. The first-order valence-corrected chi connectivity index (χ1v) is 12.4. The molecule has 0 unspecified atom stereocenters. The second-order valence-corrected chi connectivity index (χ2v) is 11.1. The quantitative estimate of drug-likeness (QED) is 0.760. The van der Waals surface area contributed by atoms with Crippen LogP contribution in [-0.4, -0.2) is 68.4 Å². The highest BCUT2D eigenvalue weighted by molar-refractivity contribution is 7.89. The number of hydrogen-bond donors (Lipinski definition) is 1. The Kier molecular flexibility index (Phi) is 5.18. The molecule has 1 saturated heterocycles. The Hall–Kier alpha value is -1.95. The smallest absolute Gasteiger partial charge is 0.246 e. The number of sulfonamides is 2. The van der Waals surface area contributed by atoms with Crippen LogP contribution in [0, 0.1) is 13.8 Å². The lowest BCUT2D eigenvalue weighted by Crippen LogP contribution is -2.37. The maximum atomic E-state index is 13.1. The van der Waals surface area contributed by atoms with Crippen LogP contribution in [0.2, 0.25) is 0 Å². The molecule has 3 heterocycles. The average Bonchev–Trinajstić information content (AvgIpc) is 3.17. The molecule has 1 fully saturated rings. The van der Waals surface area contributed by atoms with Crippen molar-refractivity contribution >= 4 is 20.0 Å². The Morgan fingerprint density at radius 1 is 1.00 bits per heavy atom. The molecule has 29 heavy (non-hydrogen) atoms. The van der Waals surface area contributed by atoms with Gasteiger partial charge >= 0.3 is 0 Å². The Morgan fingerprint density at radius 2 is 1.69 bits per heavy atom. The molecule has 1 aromatic heterocycles. The van der Waals surface area contributed by atoms with Gasteiger partial charge in [-0.05, 0) is 44.0 Å². The van der Waals surface area contributed by atoms with Crippen LogP contribution in [0.15, 0.2) is 28.0 Å². The molecule has 0 atom stereocenters. The zero-order chi connectivity index (χ0) is 20.8. The van der Waals surface area contributed by atoms with E-state index in [2.05, 4.69) is 10.2 Å². The van der Waals surface area contributed by atoms with Gasteiger partial charge in [-0.2, -0.15) is 13.7 Å². The van der Waals surface area contributed by atoms with E-state index in [1.807, 2.05) is 0 Å². The van der Waals surface area contributed by atoms with Crippen LogP contribution in [-0.2, 0) is 26.5 Å². The summed E-state index contributed by atoms with van der Waals surface area (Å²) in [7, 11) is -7.45. The molecule has 1 aromatic carbocycles. The molecule has 0 aliphatic carbocycles. The number of nitrogens with one attached hydrogen (secondary N) is 1. The summed E-state index contributed by atoms with van der Waals surface area (Å²) in [6.45, 7) is 4.59. The van der Waals surface area contributed by atoms with Crippen LogP contribution in [0.3, 0.4) is 0 Å². The fraction of sp³-hybridized carbons (Fsp3) is 0.500. The Morgan fingerprint density at radius 3 is 2.34 bits per heavy atom. The van der Waals surface area contributed by atoms with Crippen LogP contribution in [0.4, 0.5) is 0 Å². The number of benzene rings is 1. The minimum atomic E-state index is -3.74. The second-order valence-electron chi connectivity index (χ2n) is 7.29. The van der Waals surface area contributed by atoms with E-state index in [0.717, 1.165) is 11.3 Å². The van der Waals surface area contributed by atoms with Crippen LogP contribution >= 0.6 is 0 Å². The van der Waals surface area contributed by atoms with E-state index >= 15 is 0 Å². The monoisotopic (exact) mass is 440 g/mol. The van der Waals surface area contributed by atoms with Gasteiger partial charge in [-0.15, -0.1) is 0 Å². The van der Waals surface area contributed by atoms with Crippen molar-refractivity contribution in [2.24, 2.45) is 0 Å². The molecule has 2 aliphatic rings. The molecule has 0 radical (unpaired) electrons. The van der Waals surface area contributed by atoms with Gasteiger partial charge in [0.1, 0.15) is 10.6 Å². The predicted octanol–water partition coefficient (Wildman–Crippen LogP) is 1.05. The minimum Gasteiger partial charge on any atom is -0.493 e. The van der Waals surface area contributed by atoms with E-state index in [0.29, 0.717) is 30.8 Å². The van der Waals surface area contributed by atoms with Crippen molar-refractivity contribution in [2.75, 3.05) is 32.8 Å². The van der Waals surface area contributed by atoms with Gasteiger partial charge in [0.25, 0.3) is 0 Å². The number of fused-ring (bicyclic) bond motifs is 1. The summed E-state index contributed by atoms with van der Waals surface area (Å²) >= 11 is 0. The maximum Gasteiger partial charge on any atom is 0.246 e. The van der Waals surface area contributed by atoms with Gasteiger partial charge in [-0.3, -0.25) is 5.10 Å².